The van der Waals surface area contributed by atoms with Crippen molar-refractivity contribution in [3.63, 3.8) is 0 Å². The van der Waals surface area contributed by atoms with Crippen LogP contribution in [0, 0.1) is 6.92 Å². The number of likely N-dealkylation sites (tertiary alicyclic amines) is 1. The molecule has 1 aliphatic heterocycles. The number of piperidine rings is 1. The van der Waals surface area contributed by atoms with Gasteiger partial charge in [0.25, 0.3) is 11.8 Å². The molecule has 1 fully saturated rings. The summed E-state index contributed by atoms with van der Waals surface area (Å²) < 4.78 is 10.8. The fraction of sp³-hybridized carbons (Fsp3) is 0.444. The lowest BCUT2D eigenvalue weighted by Gasteiger charge is -2.38. The second-order valence-corrected chi connectivity index (χ2v) is 8.83. The average Bonchev–Trinajstić information content (AvgIpc) is 2.82. The third-order valence-corrected chi connectivity index (χ3v) is 6.27. The monoisotopic (exact) mass is 466 g/mol. The van der Waals surface area contributed by atoms with E-state index in [9.17, 15) is 14.4 Å². The van der Waals surface area contributed by atoms with Gasteiger partial charge in [-0.3, -0.25) is 9.59 Å². The Balaban J connectivity index is 1.48. The molecule has 2 atom stereocenters. The number of ether oxygens (including phenoxy) is 2. The summed E-state index contributed by atoms with van der Waals surface area (Å²) in [6.07, 6.45) is 3.94. The van der Waals surface area contributed by atoms with Gasteiger partial charge in [-0.1, -0.05) is 25.1 Å². The van der Waals surface area contributed by atoms with Crippen LogP contribution in [0.5, 0.6) is 5.75 Å². The van der Waals surface area contributed by atoms with E-state index in [1.165, 1.54) is 0 Å². The van der Waals surface area contributed by atoms with E-state index >= 15 is 0 Å². The maximum Gasteiger partial charge on any atom is 0.338 e. The number of nitrogens with one attached hydrogen (secondary N) is 1. The Morgan fingerprint density at radius 2 is 1.68 bits per heavy atom. The van der Waals surface area contributed by atoms with E-state index in [4.69, 9.17) is 9.47 Å². The van der Waals surface area contributed by atoms with Gasteiger partial charge in [0.15, 0.2) is 13.2 Å². The van der Waals surface area contributed by atoms with Gasteiger partial charge in [0.05, 0.1) is 5.56 Å². The first-order chi connectivity index (χ1) is 16.3. The Labute approximate surface area is 201 Å². The Hall–Kier alpha value is -3.35. The zero-order valence-electron chi connectivity index (χ0n) is 20.4. The van der Waals surface area contributed by atoms with Crippen molar-refractivity contribution < 1.29 is 23.9 Å². The van der Waals surface area contributed by atoms with E-state index in [1.807, 2.05) is 36.9 Å². The zero-order valence-corrected chi connectivity index (χ0v) is 20.4. The number of carbonyl (C=O) groups is 3. The summed E-state index contributed by atoms with van der Waals surface area (Å²) in [5.74, 6) is -0.535. The molecule has 1 saturated heterocycles. The molecule has 0 radical (unpaired) electrons. The fourth-order valence-electron chi connectivity index (χ4n) is 4.41. The summed E-state index contributed by atoms with van der Waals surface area (Å²) in [6.45, 7) is 7.65. The molecule has 2 aromatic rings. The number of anilines is 1. The van der Waals surface area contributed by atoms with Gasteiger partial charge in [-0.15, -0.1) is 0 Å². The Morgan fingerprint density at radius 1 is 1.00 bits per heavy atom. The van der Waals surface area contributed by atoms with E-state index < -0.39 is 11.9 Å². The predicted octanol–water partition coefficient (Wildman–Crippen LogP) is 4.52. The van der Waals surface area contributed by atoms with Gasteiger partial charge in [0.2, 0.25) is 0 Å². The highest BCUT2D eigenvalue weighted by Gasteiger charge is 2.29. The summed E-state index contributed by atoms with van der Waals surface area (Å²) in [6, 6.07) is 12.6. The van der Waals surface area contributed by atoms with Crippen LogP contribution in [0.25, 0.3) is 0 Å². The molecule has 7 heteroatoms. The number of benzene rings is 2. The predicted molar refractivity (Wildman–Crippen MR) is 131 cm³/mol. The van der Waals surface area contributed by atoms with E-state index in [0.717, 1.165) is 42.5 Å². The quantitative estimate of drug-likeness (QED) is 0.578. The molecule has 34 heavy (non-hydrogen) atoms. The van der Waals surface area contributed by atoms with Gasteiger partial charge in [-0.2, -0.15) is 0 Å². The minimum absolute atomic E-state index is 0.0333. The smallest absolute Gasteiger partial charge is 0.338 e. The summed E-state index contributed by atoms with van der Waals surface area (Å²) in [4.78, 5) is 39.1. The van der Waals surface area contributed by atoms with Crippen LogP contribution in [0.2, 0.25) is 0 Å². The number of para-hydroxylation sites is 1. The van der Waals surface area contributed by atoms with Crippen molar-refractivity contribution in [1.29, 1.82) is 0 Å². The van der Waals surface area contributed by atoms with Crippen molar-refractivity contribution in [2.45, 2.75) is 65.5 Å². The number of nitrogens with zero attached hydrogens (tertiary/aromatic N) is 1. The van der Waals surface area contributed by atoms with Gasteiger partial charge in [0.1, 0.15) is 5.75 Å². The van der Waals surface area contributed by atoms with Crippen LogP contribution in [0.1, 0.15) is 61.5 Å². The minimum atomic E-state index is -0.603. The molecule has 0 aliphatic carbocycles. The second-order valence-electron chi connectivity index (χ2n) is 8.83. The first-order valence-electron chi connectivity index (χ1n) is 11.9. The Morgan fingerprint density at radius 3 is 2.32 bits per heavy atom. The van der Waals surface area contributed by atoms with Crippen LogP contribution in [-0.2, 0) is 20.7 Å². The topological polar surface area (TPSA) is 84.9 Å². The van der Waals surface area contributed by atoms with Crippen LogP contribution in [0.3, 0.4) is 0 Å². The minimum Gasteiger partial charge on any atom is -0.484 e. The highest BCUT2D eigenvalue weighted by Crippen LogP contribution is 2.23. The van der Waals surface area contributed by atoms with Gasteiger partial charge in [0, 0.05) is 17.8 Å². The molecule has 0 spiro atoms. The lowest BCUT2D eigenvalue weighted by atomic mass is 9.97. The average molecular weight is 467 g/mol. The number of carbonyl (C=O) groups excluding carboxylic acids is 3. The van der Waals surface area contributed by atoms with Crippen molar-refractivity contribution in [1.82, 2.24) is 4.90 Å². The molecule has 2 amide bonds. The maximum atomic E-state index is 12.6. The lowest BCUT2D eigenvalue weighted by molar-refractivity contribution is -0.139. The van der Waals surface area contributed by atoms with Crippen LogP contribution >= 0.6 is 0 Å². The highest BCUT2D eigenvalue weighted by atomic mass is 16.5. The largest absolute Gasteiger partial charge is 0.484 e. The van der Waals surface area contributed by atoms with E-state index in [-0.39, 0.29) is 31.2 Å². The molecule has 7 nitrogen and oxygen atoms in total. The first kappa shape index (κ1) is 25.3. The molecule has 3 rings (SSSR count). The van der Waals surface area contributed by atoms with Crippen LogP contribution in [0.4, 0.5) is 5.69 Å². The van der Waals surface area contributed by atoms with Crippen molar-refractivity contribution in [2.24, 2.45) is 0 Å². The van der Waals surface area contributed by atoms with Crippen molar-refractivity contribution in [2.75, 3.05) is 18.5 Å². The van der Waals surface area contributed by atoms with Crippen molar-refractivity contribution in [3.8, 4) is 5.75 Å². The Bertz CT molecular complexity index is 1010. The lowest BCUT2D eigenvalue weighted by Crippen LogP contribution is -2.49. The summed E-state index contributed by atoms with van der Waals surface area (Å²) in [5, 5.41) is 2.83. The SMILES string of the molecule is CCc1cccc(C)c1NC(=O)COC(=O)c1ccc(OCC(=O)N2C(C)CCCC2C)cc1. The Kier molecular flexibility index (Phi) is 8.68. The van der Waals surface area contributed by atoms with Crippen LogP contribution < -0.4 is 10.1 Å². The fourth-order valence-corrected chi connectivity index (χ4v) is 4.41. The van der Waals surface area contributed by atoms with Gasteiger partial charge < -0.3 is 19.7 Å². The summed E-state index contributed by atoms with van der Waals surface area (Å²) in [7, 11) is 0. The molecule has 2 aromatic carbocycles. The zero-order chi connectivity index (χ0) is 24.7. The standard InChI is InChI=1S/C27H34N2O5/c1-5-21-11-6-8-18(2)26(21)28-24(30)16-34-27(32)22-12-14-23(15-13-22)33-17-25(31)29-19(3)9-7-10-20(29)4/h6,8,11-15,19-20H,5,7,9-10,16-17H2,1-4H3,(H,28,30). The van der Waals surface area contributed by atoms with Crippen LogP contribution in [0.15, 0.2) is 42.5 Å². The second kappa shape index (κ2) is 11.7. The van der Waals surface area contributed by atoms with E-state index in [0.29, 0.717) is 11.3 Å². The molecule has 0 bridgehead atoms. The molecule has 1 aliphatic rings. The number of aryl methyl sites for hydroxylation is 2. The maximum absolute atomic E-state index is 12.6. The van der Waals surface area contributed by atoms with Crippen molar-refractivity contribution >= 4 is 23.5 Å². The summed E-state index contributed by atoms with van der Waals surface area (Å²) in [5.41, 5.74) is 3.04. The molecule has 1 N–H and O–H groups in total. The molecule has 0 aromatic heterocycles. The molecular weight excluding hydrogens is 432 g/mol. The summed E-state index contributed by atoms with van der Waals surface area (Å²) >= 11 is 0. The third kappa shape index (κ3) is 6.37. The number of amides is 2. The number of hydrogen-bond donors (Lipinski definition) is 1. The van der Waals surface area contributed by atoms with Gasteiger partial charge >= 0.3 is 5.97 Å². The highest BCUT2D eigenvalue weighted by molar-refractivity contribution is 5.96. The third-order valence-electron chi connectivity index (χ3n) is 6.27. The van der Waals surface area contributed by atoms with Gasteiger partial charge in [-0.25, -0.2) is 4.79 Å². The molecule has 1 heterocycles. The van der Waals surface area contributed by atoms with E-state index in [2.05, 4.69) is 19.2 Å². The number of esters is 1. The number of hydrogen-bond acceptors (Lipinski definition) is 5. The normalized spacial score (nSPS) is 17.7. The molecule has 182 valence electrons. The first-order valence-corrected chi connectivity index (χ1v) is 11.9. The van der Waals surface area contributed by atoms with Crippen molar-refractivity contribution in [3.05, 3.63) is 59.2 Å². The molecular formula is C27H34N2O5. The number of rotatable bonds is 8. The van der Waals surface area contributed by atoms with Crippen LogP contribution in [-0.4, -0.2) is 48.0 Å². The van der Waals surface area contributed by atoms with E-state index in [1.54, 1.807) is 24.3 Å². The molecule has 0 saturated carbocycles. The molecule has 2 unspecified atom stereocenters. The van der Waals surface area contributed by atoms with Gasteiger partial charge in [-0.05, 0) is 81.8 Å².